The fraction of sp³-hybridized carbons (Fsp3) is 0.125. The summed E-state index contributed by atoms with van der Waals surface area (Å²) in [5.74, 6) is -0.867. The van der Waals surface area contributed by atoms with Crippen LogP contribution in [0.4, 0.5) is 10.1 Å². The van der Waals surface area contributed by atoms with Crippen LogP contribution >= 0.6 is 0 Å². The molecular weight excluding hydrogens is 285 g/mol. The number of benzene rings is 2. The van der Waals surface area contributed by atoms with Gasteiger partial charge in [-0.2, -0.15) is 0 Å². The third-order valence-electron chi connectivity index (χ3n) is 3.62. The number of nitrogens with one attached hydrogen (secondary N) is 1. The Morgan fingerprint density at radius 3 is 2.50 bits per heavy atom. The number of rotatable bonds is 2. The predicted molar refractivity (Wildman–Crippen MR) is 82.5 cm³/mol. The van der Waals surface area contributed by atoms with Gasteiger partial charge in [-0.3, -0.25) is 13.9 Å². The number of anilines is 1. The maximum atomic E-state index is 13.2. The van der Waals surface area contributed by atoms with E-state index in [-0.39, 0.29) is 11.3 Å². The van der Waals surface area contributed by atoms with Gasteiger partial charge in [0.05, 0.1) is 11.0 Å². The van der Waals surface area contributed by atoms with Gasteiger partial charge in [0.15, 0.2) is 0 Å². The molecular formula is C16H14FN3O2. The van der Waals surface area contributed by atoms with Crippen LogP contribution in [0.1, 0.15) is 10.4 Å². The largest absolute Gasteiger partial charge is 0.328 e. The summed E-state index contributed by atoms with van der Waals surface area (Å²) in [4.78, 5) is 24.0. The molecule has 0 bridgehead atoms. The Balaban J connectivity index is 1.96. The molecule has 22 heavy (non-hydrogen) atoms. The number of imidazole rings is 1. The molecule has 1 N–H and O–H groups in total. The standard InChI is InChI=1S/C16H14FN3O2/c1-19-13-7-6-12(9-14(13)20(2)16(19)22)18-15(21)10-4-3-5-11(17)8-10/h3-9H,1-2H3,(H,18,21). The van der Waals surface area contributed by atoms with Gasteiger partial charge in [-0.25, -0.2) is 9.18 Å². The number of hydrogen-bond acceptors (Lipinski definition) is 2. The molecule has 1 amide bonds. The molecule has 0 atom stereocenters. The minimum absolute atomic E-state index is 0.136. The third-order valence-corrected chi connectivity index (χ3v) is 3.62. The minimum Gasteiger partial charge on any atom is -0.322 e. The summed E-state index contributed by atoms with van der Waals surface area (Å²) >= 11 is 0. The average molecular weight is 299 g/mol. The van der Waals surface area contributed by atoms with E-state index in [2.05, 4.69) is 5.32 Å². The van der Waals surface area contributed by atoms with Crippen molar-refractivity contribution < 1.29 is 9.18 Å². The molecule has 0 aliphatic rings. The second-order valence-electron chi connectivity index (χ2n) is 5.07. The van der Waals surface area contributed by atoms with E-state index in [1.165, 1.54) is 33.4 Å². The zero-order valence-electron chi connectivity index (χ0n) is 12.1. The zero-order valence-corrected chi connectivity index (χ0v) is 12.1. The van der Waals surface area contributed by atoms with Gasteiger partial charge in [0, 0.05) is 25.3 Å². The normalized spacial score (nSPS) is 10.9. The van der Waals surface area contributed by atoms with Crippen LogP contribution in [-0.4, -0.2) is 15.0 Å². The van der Waals surface area contributed by atoms with Gasteiger partial charge in [-0.1, -0.05) is 6.07 Å². The fourth-order valence-corrected chi connectivity index (χ4v) is 2.42. The first kappa shape index (κ1) is 14.1. The summed E-state index contributed by atoms with van der Waals surface area (Å²) in [6.45, 7) is 0. The smallest absolute Gasteiger partial charge is 0.322 e. The van der Waals surface area contributed by atoms with Crippen molar-refractivity contribution in [1.82, 2.24) is 9.13 Å². The van der Waals surface area contributed by atoms with Crippen molar-refractivity contribution >= 4 is 22.6 Å². The van der Waals surface area contributed by atoms with Crippen LogP contribution in [-0.2, 0) is 14.1 Å². The van der Waals surface area contributed by atoms with Crippen LogP contribution in [0.15, 0.2) is 47.3 Å². The molecule has 0 spiro atoms. The number of fused-ring (bicyclic) bond motifs is 1. The lowest BCUT2D eigenvalue weighted by Gasteiger charge is -2.06. The number of halogens is 1. The van der Waals surface area contributed by atoms with E-state index >= 15 is 0 Å². The molecule has 1 aromatic heterocycles. The highest BCUT2D eigenvalue weighted by molar-refractivity contribution is 6.04. The highest BCUT2D eigenvalue weighted by Crippen LogP contribution is 2.18. The van der Waals surface area contributed by atoms with E-state index in [9.17, 15) is 14.0 Å². The fourth-order valence-electron chi connectivity index (χ4n) is 2.42. The SMILES string of the molecule is Cn1c(=O)n(C)c2cc(NC(=O)c3cccc(F)c3)ccc21. The molecule has 0 radical (unpaired) electrons. The number of nitrogens with zero attached hydrogens (tertiary/aromatic N) is 2. The van der Waals surface area contributed by atoms with Crippen molar-refractivity contribution in [2.75, 3.05) is 5.32 Å². The maximum absolute atomic E-state index is 13.2. The van der Waals surface area contributed by atoms with Crippen molar-refractivity contribution in [1.29, 1.82) is 0 Å². The monoisotopic (exact) mass is 299 g/mol. The van der Waals surface area contributed by atoms with Crippen molar-refractivity contribution in [3.8, 4) is 0 Å². The van der Waals surface area contributed by atoms with E-state index in [4.69, 9.17) is 0 Å². The third kappa shape index (κ3) is 2.28. The van der Waals surface area contributed by atoms with E-state index in [0.29, 0.717) is 11.2 Å². The molecule has 0 aliphatic heterocycles. The number of carbonyl (C=O) groups is 1. The lowest BCUT2D eigenvalue weighted by Crippen LogP contribution is -2.19. The van der Waals surface area contributed by atoms with Gasteiger partial charge < -0.3 is 5.32 Å². The van der Waals surface area contributed by atoms with Gasteiger partial charge in [-0.05, 0) is 36.4 Å². The summed E-state index contributed by atoms with van der Waals surface area (Å²) < 4.78 is 16.2. The molecule has 0 saturated carbocycles. The Hall–Kier alpha value is -2.89. The molecule has 3 aromatic rings. The van der Waals surface area contributed by atoms with E-state index in [1.54, 1.807) is 32.3 Å². The number of hydrogen-bond donors (Lipinski definition) is 1. The van der Waals surface area contributed by atoms with E-state index in [1.807, 2.05) is 0 Å². The van der Waals surface area contributed by atoms with Gasteiger partial charge in [-0.15, -0.1) is 0 Å². The molecule has 112 valence electrons. The molecule has 0 saturated heterocycles. The number of aryl methyl sites for hydroxylation is 2. The summed E-state index contributed by atoms with van der Waals surface area (Å²) in [5, 5.41) is 2.70. The van der Waals surface area contributed by atoms with Crippen LogP contribution < -0.4 is 11.0 Å². The van der Waals surface area contributed by atoms with Gasteiger partial charge >= 0.3 is 5.69 Å². The Kier molecular flexibility index (Phi) is 3.29. The predicted octanol–water partition coefficient (Wildman–Crippen LogP) is 2.27. The Morgan fingerprint density at radius 2 is 1.77 bits per heavy atom. The molecule has 1 heterocycles. The lowest BCUT2D eigenvalue weighted by molar-refractivity contribution is 0.102. The summed E-state index contributed by atoms with van der Waals surface area (Å²) in [5.41, 5.74) is 2.13. The van der Waals surface area contributed by atoms with Gasteiger partial charge in [0.1, 0.15) is 5.82 Å². The van der Waals surface area contributed by atoms with Crippen molar-refractivity contribution in [2.45, 2.75) is 0 Å². The number of amides is 1. The molecule has 5 nitrogen and oxygen atoms in total. The van der Waals surface area contributed by atoms with Crippen LogP contribution in [0.5, 0.6) is 0 Å². The zero-order chi connectivity index (χ0) is 15.9. The first-order chi connectivity index (χ1) is 10.5. The topological polar surface area (TPSA) is 56.0 Å². The van der Waals surface area contributed by atoms with Crippen LogP contribution in [0, 0.1) is 5.82 Å². The van der Waals surface area contributed by atoms with Crippen molar-refractivity contribution in [3.63, 3.8) is 0 Å². The Labute approximate surface area is 125 Å². The second kappa shape index (κ2) is 5.14. The summed E-state index contributed by atoms with van der Waals surface area (Å²) in [6, 6.07) is 10.7. The van der Waals surface area contributed by atoms with Gasteiger partial charge in [0.2, 0.25) is 0 Å². The van der Waals surface area contributed by atoms with Crippen molar-refractivity contribution in [2.24, 2.45) is 14.1 Å². The van der Waals surface area contributed by atoms with E-state index in [0.717, 1.165) is 5.52 Å². The maximum Gasteiger partial charge on any atom is 0.328 e. The second-order valence-corrected chi connectivity index (χ2v) is 5.07. The molecule has 0 fully saturated rings. The molecule has 0 unspecified atom stereocenters. The molecule has 2 aromatic carbocycles. The average Bonchev–Trinajstić information content (AvgIpc) is 2.72. The molecule has 0 aliphatic carbocycles. The Morgan fingerprint density at radius 1 is 1.05 bits per heavy atom. The van der Waals surface area contributed by atoms with Crippen LogP contribution in [0.3, 0.4) is 0 Å². The number of carbonyl (C=O) groups excluding carboxylic acids is 1. The summed E-state index contributed by atoms with van der Waals surface area (Å²) in [7, 11) is 3.36. The van der Waals surface area contributed by atoms with E-state index < -0.39 is 11.7 Å². The quantitative estimate of drug-likeness (QED) is 0.789. The lowest BCUT2D eigenvalue weighted by atomic mass is 10.2. The van der Waals surface area contributed by atoms with Crippen LogP contribution in [0.25, 0.3) is 11.0 Å². The highest BCUT2D eigenvalue weighted by atomic mass is 19.1. The highest BCUT2D eigenvalue weighted by Gasteiger charge is 2.11. The minimum atomic E-state index is -0.464. The Bertz CT molecular complexity index is 940. The number of aromatic nitrogens is 2. The first-order valence-electron chi connectivity index (χ1n) is 6.70. The molecule has 3 rings (SSSR count). The first-order valence-corrected chi connectivity index (χ1v) is 6.70. The van der Waals surface area contributed by atoms with Crippen LogP contribution in [0.2, 0.25) is 0 Å². The van der Waals surface area contributed by atoms with Gasteiger partial charge in [0.25, 0.3) is 5.91 Å². The summed E-state index contributed by atoms with van der Waals surface area (Å²) in [6.07, 6.45) is 0. The molecule has 6 heteroatoms. The van der Waals surface area contributed by atoms with Crippen molar-refractivity contribution in [3.05, 3.63) is 64.3 Å².